The van der Waals surface area contributed by atoms with E-state index in [0.29, 0.717) is 5.69 Å². The Hall–Kier alpha value is -3.51. The molecule has 1 heterocycles. The van der Waals surface area contributed by atoms with E-state index in [1.54, 1.807) is 24.5 Å². The molecule has 0 aliphatic carbocycles. The van der Waals surface area contributed by atoms with Crippen molar-refractivity contribution in [1.29, 1.82) is 0 Å². The maximum Gasteiger partial charge on any atom is 0.573 e. The second-order valence-corrected chi connectivity index (χ2v) is 8.61. The highest BCUT2D eigenvalue weighted by Gasteiger charge is 2.33. The molecule has 174 valence electrons. The van der Waals surface area contributed by atoms with Gasteiger partial charge in [-0.1, -0.05) is 17.7 Å². The van der Waals surface area contributed by atoms with E-state index < -0.39 is 33.9 Å². The molecule has 0 saturated heterocycles. The molecule has 2 amide bonds. The van der Waals surface area contributed by atoms with Gasteiger partial charge in [-0.25, -0.2) is 13.2 Å². The summed E-state index contributed by atoms with van der Waals surface area (Å²) in [5, 5.41) is 5.08. The van der Waals surface area contributed by atoms with Crippen LogP contribution in [0.4, 0.5) is 29.3 Å². The molecule has 2 aromatic carbocycles. The second kappa shape index (κ2) is 9.96. The predicted molar refractivity (Wildman–Crippen MR) is 115 cm³/mol. The molecule has 0 fully saturated rings. The van der Waals surface area contributed by atoms with Crippen molar-refractivity contribution in [3.63, 3.8) is 0 Å². The van der Waals surface area contributed by atoms with Crippen LogP contribution in [0.15, 0.2) is 71.9 Å². The van der Waals surface area contributed by atoms with Crippen LogP contribution >= 0.6 is 11.6 Å². The maximum atomic E-state index is 12.6. The molecule has 0 radical (unpaired) electrons. The quantitative estimate of drug-likeness (QED) is 0.433. The molecule has 0 bridgehead atoms. The lowest BCUT2D eigenvalue weighted by Crippen LogP contribution is -2.28. The van der Waals surface area contributed by atoms with Crippen molar-refractivity contribution in [1.82, 2.24) is 10.3 Å². The van der Waals surface area contributed by atoms with E-state index in [-0.39, 0.29) is 16.5 Å². The summed E-state index contributed by atoms with van der Waals surface area (Å²) in [6.07, 6.45) is -1.85. The van der Waals surface area contributed by atoms with Gasteiger partial charge in [0.2, 0.25) is 0 Å². The number of ether oxygens (including phenoxy) is 1. The summed E-state index contributed by atoms with van der Waals surface area (Å²) >= 11 is 5.68. The first kappa shape index (κ1) is 24.1. The lowest BCUT2D eigenvalue weighted by molar-refractivity contribution is -0.274. The van der Waals surface area contributed by atoms with Gasteiger partial charge in [0.15, 0.2) is 5.75 Å². The third kappa shape index (κ3) is 7.26. The van der Waals surface area contributed by atoms with Crippen LogP contribution in [0.25, 0.3) is 0 Å². The summed E-state index contributed by atoms with van der Waals surface area (Å²) in [5.74, 6) is -0.804. The molecule has 0 aliphatic rings. The number of amides is 2. The molecule has 33 heavy (non-hydrogen) atoms. The number of urea groups is 1. The Labute approximate surface area is 191 Å². The molecule has 0 atom stereocenters. The van der Waals surface area contributed by atoms with Crippen LogP contribution in [0.3, 0.4) is 0 Å². The average Bonchev–Trinajstić information content (AvgIpc) is 2.74. The SMILES string of the molecule is O=C(NCc1cccnc1)Nc1ccc(S(=O)(=O)Nc2ccc(Cl)cc2OC(F)(F)F)cc1. The van der Waals surface area contributed by atoms with Crippen molar-refractivity contribution < 1.29 is 31.1 Å². The number of nitrogens with zero attached hydrogens (tertiary/aromatic N) is 1. The highest BCUT2D eigenvalue weighted by atomic mass is 35.5. The van der Waals surface area contributed by atoms with E-state index in [1.165, 1.54) is 30.3 Å². The topological polar surface area (TPSA) is 109 Å². The molecular formula is C20H16ClF3N4O4S. The van der Waals surface area contributed by atoms with Gasteiger partial charge in [0.05, 0.1) is 10.6 Å². The Balaban J connectivity index is 1.67. The molecule has 13 heteroatoms. The zero-order valence-corrected chi connectivity index (χ0v) is 18.1. The van der Waals surface area contributed by atoms with Gasteiger partial charge in [0, 0.05) is 35.7 Å². The smallest absolute Gasteiger partial charge is 0.403 e. The highest BCUT2D eigenvalue weighted by molar-refractivity contribution is 7.92. The molecule has 0 spiro atoms. The maximum absolute atomic E-state index is 12.6. The van der Waals surface area contributed by atoms with Gasteiger partial charge < -0.3 is 15.4 Å². The van der Waals surface area contributed by atoms with Crippen molar-refractivity contribution in [2.24, 2.45) is 0 Å². The Morgan fingerprint density at radius 2 is 1.82 bits per heavy atom. The average molecular weight is 501 g/mol. The van der Waals surface area contributed by atoms with E-state index in [4.69, 9.17) is 11.6 Å². The van der Waals surface area contributed by atoms with Gasteiger partial charge in [-0.15, -0.1) is 13.2 Å². The first-order chi connectivity index (χ1) is 15.5. The number of hydrogen-bond acceptors (Lipinski definition) is 5. The van der Waals surface area contributed by atoms with Gasteiger partial charge >= 0.3 is 12.4 Å². The summed E-state index contributed by atoms with van der Waals surface area (Å²) in [6, 6.07) is 11.1. The Kier molecular flexibility index (Phi) is 7.29. The third-order valence-electron chi connectivity index (χ3n) is 4.01. The van der Waals surface area contributed by atoms with E-state index in [1.807, 2.05) is 4.72 Å². The number of sulfonamides is 1. The lowest BCUT2D eigenvalue weighted by Gasteiger charge is -2.15. The standard InChI is InChI=1S/C20H16ClF3N4O4S/c21-14-3-8-17(18(10-14)32-20(22,23)24)28-33(30,31)16-6-4-15(5-7-16)27-19(29)26-12-13-2-1-9-25-11-13/h1-11,28H,12H2,(H2,26,27,29). The van der Waals surface area contributed by atoms with Crippen LogP contribution in [0, 0.1) is 0 Å². The van der Waals surface area contributed by atoms with Gasteiger partial charge in [-0.2, -0.15) is 0 Å². The third-order valence-corrected chi connectivity index (χ3v) is 5.63. The van der Waals surface area contributed by atoms with Crippen LogP contribution in [0.5, 0.6) is 5.75 Å². The summed E-state index contributed by atoms with van der Waals surface area (Å²) in [5.41, 5.74) is 0.634. The first-order valence-electron chi connectivity index (χ1n) is 9.14. The molecular weight excluding hydrogens is 485 g/mol. The molecule has 3 aromatic rings. The summed E-state index contributed by atoms with van der Waals surface area (Å²) < 4.78 is 69.0. The number of anilines is 2. The van der Waals surface area contributed by atoms with Crippen molar-refractivity contribution in [2.75, 3.05) is 10.0 Å². The minimum absolute atomic E-state index is 0.0746. The number of alkyl halides is 3. The Morgan fingerprint density at radius 3 is 2.45 bits per heavy atom. The normalized spacial score (nSPS) is 11.5. The molecule has 0 saturated carbocycles. The Bertz CT molecular complexity index is 1220. The lowest BCUT2D eigenvalue weighted by atomic mass is 10.3. The molecule has 1 aromatic heterocycles. The first-order valence-corrected chi connectivity index (χ1v) is 11.0. The van der Waals surface area contributed by atoms with Gasteiger partial charge in [-0.05, 0) is 48.0 Å². The van der Waals surface area contributed by atoms with Crippen molar-refractivity contribution >= 4 is 39.0 Å². The predicted octanol–water partition coefficient (Wildman–Crippen LogP) is 4.76. The van der Waals surface area contributed by atoms with E-state index >= 15 is 0 Å². The number of hydrogen-bond donors (Lipinski definition) is 3. The molecule has 0 aliphatic heterocycles. The van der Waals surface area contributed by atoms with Crippen molar-refractivity contribution in [2.45, 2.75) is 17.8 Å². The minimum atomic E-state index is -5.05. The zero-order chi connectivity index (χ0) is 24.1. The molecule has 8 nitrogen and oxygen atoms in total. The highest BCUT2D eigenvalue weighted by Crippen LogP contribution is 2.34. The number of carbonyl (C=O) groups excluding carboxylic acids is 1. The number of benzene rings is 2. The summed E-state index contributed by atoms with van der Waals surface area (Å²) in [4.78, 5) is 15.7. The van der Waals surface area contributed by atoms with E-state index in [0.717, 1.165) is 17.7 Å². The van der Waals surface area contributed by atoms with Crippen LogP contribution in [0.1, 0.15) is 5.56 Å². The Morgan fingerprint density at radius 1 is 1.09 bits per heavy atom. The van der Waals surface area contributed by atoms with Crippen LogP contribution in [0.2, 0.25) is 5.02 Å². The number of carbonyl (C=O) groups is 1. The minimum Gasteiger partial charge on any atom is -0.403 e. The number of rotatable bonds is 7. The van der Waals surface area contributed by atoms with E-state index in [2.05, 4.69) is 20.4 Å². The fraction of sp³-hybridized carbons (Fsp3) is 0.100. The number of nitrogens with one attached hydrogen (secondary N) is 3. The van der Waals surface area contributed by atoms with Crippen LogP contribution in [-0.2, 0) is 16.6 Å². The van der Waals surface area contributed by atoms with Crippen molar-refractivity contribution in [3.8, 4) is 5.75 Å². The van der Waals surface area contributed by atoms with Gasteiger partial charge in [0.25, 0.3) is 10.0 Å². The van der Waals surface area contributed by atoms with Gasteiger partial charge in [0.1, 0.15) is 0 Å². The summed E-state index contributed by atoms with van der Waals surface area (Å²) in [7, 11) is -4.27. The van der Waals surface area contributed by atoms with Crippen LogP contribution in [-0.4, -0.2) is 25.8 Å². The fourth-order valence-corrected chi connectivity index (χ4v) is 3.80. The monoisotopic (exact) mass is 500 g/mol. The summed E-state index contributed by atoms with van der Waals surface area (Å²) in [6.45, 7) is 0.236. The zero-order valence-electron chi connectivity index (χ0n) is 16.6. The van der Waals surface area contributed by atoms with Crippen molar-refractivity contribution in [3.05, 3.63) is 77.6 Å². The molecule has 3 rings (SSSR count). The van der Waals surface area contributed by atoms with Crippen LogP contribution < -0.4 is 20.1 Å². The fourth-order valence-electron chi connectivity index (χ4n) is 2.57. The second-order valence-electron chi connectivity index (χ2n) is 6.49. The number of pyridine rings is 1. The largest absolute Gasteiger partial charge is 0.573 e. The molecule has 3 N–H and O–H groups in total. The molecule has 0 unspecified atom stereocenters. The van der Waals surface area contributed by atoms with Gasteiger partial charge in [-0.3, -0.25) is 9.71 Å². The number of halogens is 4. The van der Waals surface area contributed by atoms with E-state index in [9.17, 15) is 26.4 Å². The number of aromatic nitrogens is 1.